The molecule has 0 saturated heterocycles. The van der Waals surface area contributed by atoms with E-state index in [1.54, 1.807) is 0 Å². The Balaban J connectivity index is 2.39. The van der Waals surface area contributed by atoms with Gasteiger partial charge in [-0.15, -0.1) is 0 Å². The minimum atomic E-state index is -0.378. The Bertz CT molecular complexity index is 301. The Morgan fingerprint density at radius 2 is 2.14 bits per heavy atom. The van der Waals surface area contributed by atoms with Crippen LogP contribution in [0.15, 0.2) is 11.6 Å². The van der Waals surface area contributed by atoms with Gasteiger partial charge in [-0.1, -0.05) is 26.8 Å². The lowest BCUT2D eigenvalue weighted by molar-refractivity contribution is -0.118. The lowest BCUT2D eigenvalue weighted by atomic mass is 9.74. The van der Waals surface area contributed by atoms with Crippen molar-refractivity contribution in [3.05, 3.63) is 11.6 Å². The van der Waals surface area contributed by atoms with Crippen molar-refractivity contribution in [1.82, 2.24) is 0 Å². The predicted octanol–water partition coefficient (Wildman–Crippen LogP) is 1.93. The SMILES string of the molecule is C[C@@H]1CCC(=O)C2=CC(C)(C)[C@@H](O)[C@H]21. The number of Topliss-reactive ketones (excluding diaryl/α,β-unsaturated/α-hetero) is 1. The monoisotopic (exact) mass is 194 g/mol. The van der Waals surface area contributed by atoms with Crippen molar-refractivity contribution in [2.45, 2.75) is 39.7 Å². The highest BCUT2D eigenvalue weighted by atomic mass is 16.3. The molecule has 2 aliphatic rings. The van der Waals surface area contributed by atoms with Gasteiger partial charge in [0.1, 0.15) is 0 Å². The molecule has 0 heterocycles. The van der Waals surface area contributed by atoms with Crippen LogP contribution < -0.4 is 0 Å². The fourth-order valence-electron chi connectivity index (χ4n) is 2.78. The zero-order valence-corrected chi connectivity index (χ0v) is 9.08. The topological polar surface area (TPSA) is 37.3 Å². The van der Waals surface area contributed by atoms with E-state index in [0.717, 1.165) is 12.0 Å². The Labute approximate surface area is 85.0 Å². The van der Waals surface area contributed by atoms with Crippen molar-refractivity contribution in [1.29, 1.82) is 0 Å². The van der Waals surface area contributed by atoms with Gasteiger partial charge < -0.3 is 5.11 Å². The van der Waals surface area contributed by atoms with Crippen LogP contribution in [-0.4, -0.2) is 17.0 Å². The molecule has 2 aliphatic carbocycles. The second-order valence-electron chi connectivity index (χ2n) is 5.33. The van der Waals surface area contributed by atoms with Crippen molar-refractivity contribution >= 4 is 5.78 Å². The maximum absolute atomic E-state index is 11.7. The summed E-state index contributed by atoms with van der Waals surface area (Å²) in [7, 11) is 0. The third kappa shape index (κ3) is 1.24. The second-order valence-corrected chi connectivity index (χ2v) is 5.33. The second kappa shape index (κ2) is 2.93. The van der Waals surface area contributed by atoms with Crippen LogP contribution in [0.25, 0.3) is 0 Å². The summed E-state index contributed by atoms with van der Waals surface area (Å²) in [5, 5.41) is 10.1. The lowest BCUT2D eigenvalue weighted by Crippen LogP contribution is -2.36. The molecule has 0 aromatic rings. The summed E-state index contributed by atoms with van der Waals surface area (Å²) < 4.78 is 0. The van der Waals surface area contributed by atoms with Gasteiger partial charge in [0.05, 0.1) is 6.10 Å². The van der Waals surface area contributed by atoms with Crippen molar-refractivity contribution in [2.24, 2.45) is 17.3 Å². The third-order valence-electron chi connectivity index (χ3n) is 3.75. The molecule has 0 aliphatic heterocycles. The van der Waals surface area contributed by atoms with Gasteiger partial charge in [0, 0.05) is 17.8 Å². The van der Waals surface area contributed by atoms with Crippen LogP contribution in [0.1, 0.15) is 33.6 Å². The maximum atomic E-state index is 11.7. The zero-order valence-electron chi connectivity index (χ0n) is 9.08. The first-order chi connectivity index (χ1) is 6.43. The van der Waals surface area contributed by atoms with Crippen molar-refractivity contribution in [3.63, 3.8) is 0 Å². The molecule has 1 N–H and O–H groups in total. The molecular weight excluding hydrogens is 176 g/mol. The fourth-order valence-corrected chi connectivity index (χ4v) is 2.78. The van der Waals surface area contributed by atoms with Crippen LogP contribution in [-0.2, 0) is 4.79 Å². The Morgan fingerprint density at radius 1 is 1.50 bits per heavy atom. The minimum Gasteiger partial charge on any atom is -0.392 e. The van der Waals surface area contributed by atoms with E-state index >= 15 is 0 Å². The molecule has 0 spiro atoms. The quantitative estimate of drug-likeness (QED) is 0.639. The molecule has 0 bridgehead atoms. The van der Waals surface area contributed by atoms with Crippen LogP contribution in [0, 0.1) is 17.3 Å². The molecule has 0 radical (unpaired) electrons. The van der Waals surface area contributed by atoms with Gasteiger partial charge in [-0.3, -0.25) is 4.79 Å². The molecule has 0 amide bonds. The third-order valence-corrected chi connectivity index (χ3v) is 3.75. The van der Waals surface area contributed by atoms with Crippen LogP contribution >= 0.6 is 0 Å². The Morgan fingerprint density at radius 3 is 2.71 bits per heavy atom. The van der Waals surface area contributed by atoms with Gasteiger partial charge >= 0.3 is 0 Å². The van der Waals surface area contributed by atoms with Crippen LogP contribution in [0.4, 0.5) is 0 Å². The number of hydrogen-bond acceptors (Lipinski definition) is 2. The molecule has 1 saturated carbocycles. The van der Waals surface area contributed by atoms with Crippen LogP contribution in [0.3, 0.4) is 0 Å². The highest BCUT2D eigenvalue weighted by Crippen LogP contribution is 2.47. The van der Waals surface area contributed by atoms with Gasteiger partial charge in [0.2, 0.25) is 0 Å². The van der Waals surface area contributed by atoms with Gasteiger partial charge in [-0.2, -0.15) is 0 Å². The molecule has 2 rings (SSSR count). The van der Waals surface area contributed by atoms with Crippen molar-refractivity contribution < 1.29 is 9.90 Å². The van der Waals surface area contributed by atoms with Crippen LogP contribution in [0.5, 0.6) is 0 Å². The number of carbonyl (C=O) groups is 1. The average Bonchev–Trinajstić information content (AvgIpc) is 2.33. The highest BCUT2D eigenvalue weighted by molar-refractivity contribution is 5.97. The molecule has 0 aromatic carbocycles. The first kappa shape index (κ1) is 9.91. The summed E-state index contributed by atoms with van der Waals surface area (Å²) in [4.78, 5) is 11.7. The van der Waals surface area contributed by atoms with E-state index in [9.17, 15) is 9.90 Å². The zero-order chi connectivity index (χ0) is 10.5. The highest BCUT2D eigenvalue weighted by Gasteiger charge is 2.47. The number of fused-ring (bicyclic) bond motifs is 1. The standard InChI is InChI=1S/C12H18O2/c1-7-4-5-9(13)8-6-12(2,3)11(14)10(7)8/h6-7,10-11,14H,4-5H2,1-3H3/t7-,10+,11+/m1/s1. The summed E-state index contributed by atoms with van der Waals surface area (Å²) in [6.45, 7) is 6.14. The van der Waals surface area contributed by atoms with E-state index < -0.39 is 0 Å². The normalized spacial score (nSPS) is 40.7. The summed E-state index contributed by atoms with van der Waals surface area (Å²) >= 11 is 0. The molecule has 2 heteroatoms. The van der Waals surface area contributed by atoms with Crippen molar-refractivity contribution in [2.75, 3.05) is 0 Å². The van der Waals surface area contributed by atoms with E-state index in [0.29, 0.717) is 12.3 Å². The maximum Gasteiger partial charge on any atom is 0.158 e. The average molecular weight is 194 g/mol. The number of aliphatic hydroxyl groups excluding tert-OH is 1. The van der Waals surface area contributed by atoms with Gasteiger partial charge in [0.25, 0.3) is 0 Å². The largest absolute Gasteiger partial charge is 0.392 e. The van der Waals surface area contributed by atoms with E-state index in [1.807, 2.05) is 19.9 Å². The first-order valence-electron chi connectivity index (χ1n) is 5.37. The number of rotatable bonds is 0. The van der Waals surface area contributed by atoms with E-state index in [4.69, 9.17) is 0 Å². The summed E-state index contributed by atoms with van der Waals surface area (Å²) in [5.41, 5.74) is 0.662. The molecule has 3 atom stereocenters. The number of carbonyl (C=O) groups excluding carboxylic acids is 1. The number of hydrogen-bond donors (Lipinski definition) is 1. The van der Waals surface area contributed by atoms with Gasteiger partial charge in [0.15, 0.2) is 5.78 Å². The minimum absolute atomic E-state index is 0.0891. The molecule has 0 unspecified atom stereocenters. The predicted molar refractivity (Wildman–Crippen MR) is 54.8 cm³/mol. The van der Waals surface area contributed by atoms with Crippen LogP contribution in [0.2, 0.25) is 0 Å². The Hall–Kier alpha value is -0.630. The summed E-state index contributed by atoms with van der Waals surface area (Å²) in [6.07, 6.45) is 3.19. The first-order valence-corrected chi connectivity index (χ1v) is 5.37. The van der Waals surface area contributed by atoms with Gasteiger partial charge in [-0.05, 0) is 17.9 Å². The smallest absolute Gasteiger partial charge is 0.158 e. The number of ketones is 1. The molecule has 78 valence electrons. The van der Waals surface area contributed by atoms with Crippen molar-refractivity contribution in [3.8, 4) is 0 Å². The molecular formula is C12H18O2. The Kier molecular flexibility index (Phi) is 2.07. The van der Waals surface area contributed by atoms with E-state index in [-0.39, 0.29) is 23.2 Å². The summed E-state index contributed by atoms with van der Waals surface area (Å²) in [5.74, 6) is 0.777. The molecule has 1 fully saturated rings. The van der Waals surface area contributed by atoms with E-state index in [2.05, 4.69) is 6.92 Å². The molecule has 14 heavy (non-hydrogen) atoms. The fraction of sp³-hybridized carbons (Fsp3) is 0.750. The molecule has 2 nitrogen and oxygen atoms in total. The van der Waals surface area contributed by atoms with E-state index in [1.165, 1.54) is 0 Å². The molecule has 0 aromatic heterocycles. The van der Waals surface area contributed by atoms with Gasteiger partial charge in [-0.25, -0.2) is 0 Å². The lowest BCUT2D eigenvalue weighted by Gasteiger charge is -2.33. The number of aliphatic hydroxyl groups is 1. The summed E-state index contributed by atoms with van der Waals surface area (Å²) in [6, 6.07) is 0.